The Balaban J connectivity index is 1.26. The van der Waals surface area contributed by atoms with Crippen LogP contribution in [-0.4, -0.2) is 38.7 Å². The molecular weight excluding hydrogens is 472 g/mol. The molecule has 0 saturated heterocycles. The van der Waals surface area contributed by atoms with Crippen LogP contribution in [0.3, 0.4) is 0 Å². The molecule has 33 heavy (non-hydrogen) atoms. The number of carbonyl (C=O) groups is 1. The van der Waals surface area contributed by atoms with Gasteiger partial charge in [0.2, 0.25) is 0 Å². The van der Waals surface area contributed by atoms with E-state index in [4.69, 9.17) is 6.42 Å². The summed E-state index contributed by atoms with van der Waals surface area (Å²) in [5, 5.41) is 10.1. The lowest BCUT2D eigenvalue weighted by molar-refractivity contribution is 0.102. The van der Waals surface area contributed by atoms with Gasteiger partial charge in [-0.3, -0.25) is 19.7 Å². The molecule has 0 aliphatic carbocycles. The quantitative estimate of drug-likeness (QED) is 0.273. The van der Waals surface area contributed by atoms with Gasteiger partial charge in [-0.25, -0.2) is 4.98 Å². The molecule has 0 spiro atoms. The van der Waals surface area contributed by atoms with E-state index >= 15 is 0 Å². The monoisotopic (exact) mass is 494 g/mol. The highest BCUT2D eigenvalue weighted by atomic mass is 32.2. The molecule has 1 aliphatic heterocycles. The van der Waals surface area contributed by atoms with Crippen molar-refractivity contribution in [1.82, 2.24) is 19.7 Å². The highest BCUT2D eigenvalue weighted by Crippen LogP contribution is 2.31. The molecule has 4 heterocycles. The first-order valence-electron chi connectivity index (χ1n) is 10.6. The van der Waals surface area contributed by atoms with Crippen LogP contribution in [0, 0.1) is 12.3 Å². The number of thiazole rings is 1. The molecule has 0 saturated carbocycles. The summed E-state index contributed by atoms with van der Waals surface area (Å²) < 4.78 is 7.50. The molecule has 168 valence electrons. The molecule has 1 amide bonds. The smallest absolute Gasteiger partial charge is 0.277 e. The predicted octanol–water partition coefficient (Wildman–Crippen LogP) is 5.15. The third kappa shape index (κ3) is 5.23. The summed E-state index contributed by atoms with van der Waals surface area (Å²) in [7, 11) is 0. The van der Waals surface area contributed by atoms with Crippen LogP contribution >= 0.6 is 34.6 Å². The van der Waals surface area contributed by atoms with Crippen molar-refractivity contribution in [3.05, 3.63) is 53.2 Å². The maximum Gasteiger partial charge on any atom is 0.277 e. The Morgan fingerprint density at radius 2 is 2.21 bits per heavy atom. The van der Waals surface area contributed by atoms with Gasteiger partial charge in [-0.1, -0.05) is 17.4 Å². The molecule has 4 aromatic rings. The summed E-state index contributed by atoms with van der Waals surface area (Å²) >= 11 is 4.73. The molecule has 2 N–H and O–H groups in total. The van der Waals surface area contributed by atoms with Gasteiger partial charge < -0.3 is 4.72 Å². The number of benzene rings is 1. The molecule has 0 fully saturated rings. The minimum Gasteiger partial charge on any atom is -0.325 e. The third-order valence-electron chi connectivity index (χ3n) is 5.27. The van der Waals surface area contributed by atoms with E-state index in [2.05, 4.69) is 42.4 Å². The van der Waals surface area contributed by atoms with Crippen molar-refractivity contribution < 1.29 is 4.79 Å². The number of aryl methyl sites for hydroxylation is 1. The van der Waals surface area contributed by atoms with Gasteiger partial charge in [-0.05, 0) is 54.1 Å². The van der Waals surface area contributed by atoms with Crippen molar-refractivity contribution in [3.8, 4) is 12.3 Å². The van der Waals surface area contributed by atoms with Gasteiger partial charge in [0.05, 0.1) is 20.1 Å². The average Bonchev–Trinajstić information content (AvgIpc) is 3.53. The minimum absolute atomic E-state index is 0.239. The van der Waals surface area contributed by atoms with Gasteiger partial charge in [0, 0.05) is 38.3 Å². The summed E-state index contributed by atoms with van der Waals surface area (Å²) in [5.74, 6) is 2.46. The Morgan fingerprint density at radius 1 is 1.27 bits per heavy atom. The molecule has 1 aliphatic rings. The number of rotatable bonds is 7. The third-order valence-corrected chi connectivity index (χ3v) is 8.08. The van der Waals surface area contributed by atoms with Crippen molar-refractivity contribution in [2.24, 2.45) is 0 Å². The summed E-state index contributed by atoms with van der Waals surface area (Å²) in [6.07, 6.45) is 7.12. The first-order chi connectivity index (χ1) is 16.2. The van der Waals surface area contributed by atoms with E-state index in [9.17, 15) is 4.79 Å². The Morgan fingerprint density at radius 3 is 3.06 bits per heavy atom. The largest absolute Gasteiger partial charge is 0.325 e. The number of nitrogens with zero attached hydrogens (tertiary/aromatic N) is 4. The zero-order valence-corrected chi connectivity index (χ0v) is 20.2. The maximum atomic E-state index is 12.9. The molecular formula is C23H22N6OS3. The van der Waals surface area contributed by atoms with E-state index < -0.39 is 0 Å². The van der Waals surface area contributed by atoms with Crippen LogP contribution in [0.5, 0.6) is 0 Å². The lowest BCUT2D eigenvalue weighted by Crippen LogP contribution is -2.24. The molecule has 0 bridgehead atoms. The predicted molar refractivity (Wildman–Crippen MR) is 137 cm³/mol. The van der Waals surface area contributed by atoms with Gasteiger partial charge in [0.15, 0.2) is 10.8 Å². The number of carbonyl (C=O) groups excluding carboxylic acids is 1. The Kier molecular flexibility index (Phi) is 6.64. The van der Waals surface area contributed by atoms with Gasteiger partial charge in [-0.15, -0.1) is 23.7 Å². The van der Waals surface area contributed by atoms with Crippen molar-refractivity contribution in [2.45, 2.75) is 30.1 Å². The molecule has 10 heteroatoms. The topological polar surface area (TPSA) is 75.1 Å². The van der Waals surface area contributed by atoms with E-state index in [1.165, 1.54) is 15.5 Å². The molecule has 0 radical (unpaired) electrons. The first kappa shape index (κ1) is 22.0. The van der Waals surface area contributed by atoms with E-state index in [0.29, 0.717) is 10.8 Å². The van der Waals surface area contributed by atoms with Crippen LogP contribution in [0.25, 0.3) is 10.2 Å². The zero-order valence-electron chi connectivity index (χ0n) is 17.8. The molecule has 0 atom stereocenters. The van der Waals surface area contributed by atoms with Crippen LogP contribution in [0.2, 0.25) is 0 Å². The van der Waals surface area contributed by atoms with E-state index in [0.717, 1.165) is 60.6 Å². The van der Waals surface area contributed by atoms with Crippen LogP contribution in [0.4, 0.5) is 10.8 Å². The Hall–Kier alpha value is -2.84. The number of hydrogen-bond acceptors (Lipinski definition) is 8. The van der Waals surface area contributed by atoms with Gasteiger partial charge >= 0.3 is 0 Å². The fourth-order valence-corrected chi connectivity index (χ4v) is 6.01. The number of terminal acetylenes is 1. The van der Waals surface area contributed by atoms with Crippen LogP contribution in [0.1, 0.15) is 29.0 Å². The number of amides is 1. The second-order valence-electron chi connectivity index (χ2n) is 7.62. The van der Waals surface area contributed by atoms with E-state index in [-0.39, 0.29) is 5.91 Å². The average molecular weight is 495 g/mol. The number of aromatic nitrogens is 3. The van der Waals surface area contributed by atoms with Gasteiger partial charge in [0.1, 0.15) is 0 Å². The standard InChI is InChI=1S/C23H22N6OS3/c1-2-3-9-28-10-5-11-29-17(15-28)14-19(26-29)22(30)25-23-24-18-8-7-16(13-20(18)32-23)27-33-21-6-4-12-31-21/h1,4,6-8,12-14,27H,3,5,9-11,15H2,(H,24,25,30). The second kappa shape index (κ2) is 9.97. The first-order valence-corrected chi connectivity index (χ1v) is 13.1. The lowest BCUT2D eigenvalue weighted by atomic mass is 10.3. The normalized spacial score (nSPS) is 13.9. The fourth-order valence-electron chi connectivity index (χ4n) is 3.69. The molecule has 1 aromatic carbocycles. The Bertz CT molecular complexity index is 1300. The SMILES string of the molecule is C#CCCN1CCCn2nc(C(=O)Nc3nc4ccc(NSc5cccs5)cc4s3)cc2C1. The molecule has 0 unspecified atom stereocenters. The van der Waals surface area contributed by atoms with E-state index in [1.807, 2.05) is 35.0 Å². The van der Waals surface area contributed by atoms with Crippen molar-refractivity contribution >= 4 is 61.6 Å². The summed E-state index contributed by atoms with van der Waals surface area (Å²) in [4.78, 5) is 19.8. The number of fused-ring (bicyclic) bond motifs is 2. The zero-order chi connectivity index (χ0) is 22.6. The van der Waals surface area contributed by atoms with Crippen molar-refractivity contribution in [2.75, 3.05) is 23.1 Å². The second-order valence-corrected chi connectivity index (χ2v) is 10.7. The van der Waals surface area contributed by atoms with Crippen molar-refractivity contribution in [3.63, 3.8) is 0 Å². The van der Waals surface area contributed by atoms with E-state index in [1.54, 1.807) is 23.3 Å². The summed E-state index contributed by atoms with van der Waals surface area (Å²) in [6.45, 7) is 3.40. The Labute approximate surface area is 204 Å². The van der Waals surface area contributed by atoms with Gasteiger partial charge in [0.25, 0.3) is 5.91 Å². The van der Waals surface area contributed by atoms with Gasteiger partial charge in [-0.2, -0.15) is 5.10 Å². The lowest BCUT2D eigenvalue weighted by Gasteiger charge is -2.17. The van der Waals surface area contributed by atoms with Crippen LogP contribution in [0.15, 0.2) is 46.0 Å². The number of nitrogens with one attached hydrogen (secondary N) is 2. The summed E-state index contributed by atoms with van der Waals surface area (Å²) in [5.41, 5.74) is 3.30. The highest BCUT2D eigenvalue weighted by Gasteiger charge is 2.20. The minimum atomic E-state index is -0.239. The number of anilines is 2. The number of hydrogen-bond donors (Lipinski definition) is 2. The molecule has 3 aromatic heterocycles. The highest BCUT2D eigenvalue weighted by molar-refractivity contribution is 8.02. The fraction of sp³-hybridized carbons (Fsp3) is 0.261. The molecule has 7 nitrogen and oxygen atoms in total. The van der Waals surface area contributed by atoms with Crippen LogP contribution in [-0.2, 0) is 13.1 Å². The van der Waals surface area contributed by atoms with Crippen molar-refractivity contribution in [1.29, 1.82) is 0 Å². The number of thiophene rings is 1. The summed E-state index contributed by atoms with van der Waals surface area (Å²) in [6, 6.07) is 12.0. The van der Waals surface area contributed by atoms with Crippen LogP contribution < -0.4 is 10.0 Å². The maximum absolute atomic E-state index is 12.9. The molecule has 5 rings (SSSR count).